The van der Waals surface area contributed by atoms with E-state index in [1.54, 1.807) is 20.3 Å². The smallest absolute Gasteiger partial charge is 0.173 e. The average molecular weight is 325 g/mol. The van der Waals surface area contributed by atoms with Crippen molar-refractivity contribution in [2.24, 2.45) is 0 Å². The highest BCUT2D eigenvalue weighted by Crippen LogP contribution is 2.38. The zero-order valence-corrected chi connectivity index (χ0v) is 13.9. The Kier molecular flexibility index (Phi) is 4.53. The van der Waals surface area contributed by atoms with Crippen molar-refractivity contribution in [2.75, 3.05) is 14.2 Å². The summed E-state index contributed by atoms with van der Waals surface area (Å²) < 4.78 is 16.2. The molecule has 3 aromatic rings. The van der Waals surface area contributed by atoms with Gasteiger partial charge in [0.05, 0.1) is 26.4 Å². The number of aliphatic hydroxyl groups is 1. The van der Waals surface area contributed by atoms with Crippen LogP contribution in [0.5, 0.6) is 11.5 Å². The fraction of sp³-hybridized carbons (Fsp3) is 0.211. The van der Waals surface area contributed by atoms with Gasteiger partial charge in [0.1, 0.15) is 17.2 Å². The van der Waals surface area contributed by atoms with Crippen LogP contribution in [-0.2, 0) is 6.61 Å². The molecule has 0 bridgehead atoms. The molecule has 5 nitrogen and oxygen atoms in total. The highest BCUT2D eigenvalue weighted by Gasteiger charge is 2.21. The lowest BCUT2D eigenvalue weighted by Gasteiger charge is -2.09. The van der Waals surface area contributed by atoms with E-state index < -0.39 is 0 Å². The number of aliphatic hydroxyl groups excluding tert-OH is 1. The minimum Gasteiger partial charge on any atom is -0.497 e. The summed E-state index contributed by atoms with van der Waals surface area (Å²) in [4.78, 5) is 0. The molecule has 124 valence electrons. The Hall–Kier alpha value is -2.79. The van der Waals surface area contributed by atoms with Crippen molar-refractivity contribution in [3.8, 4) is 34.1 Å². The molecule has 0 spiro atoms. The zero-order chi connectivity index (χ0) is 17.1. The Labute approximate surface area is 140 Å². The Bertz CT molecular complexity index is 854. The quantitative estimate of drug-likeness (QED) is 0.772. The summed E-state index contributed by atoms with van der Waals surface area (Å²) in [5, 5.41) is 14.1. The predicted molar refractivity (Wildman–Crippen MR) is 91.1 cm³/mol. The van der Waals surface area contributed by atoms with Crippen molar-refractivity contribution in [3.63, 3.8) is 0 Å². The van der Waals surface area contributed by atoms with Crippen LogP contribution in [0, 0.1) is 6.92 Å². The Morgan fingerprint density at radius 3 is 2.58 bits per heavy atom. The van der Waals surface area contributed by atoms with Crippen LogP contribution in [0.15, 0.2) is 47.0 Å². The lowest BCUT2D eigenvalue weighted by atomic mass is 10.0. The number of hydrogen-bond donors (Lipinski definition) is 1. The first-order chi connectivity index (χ1) is 11.7. The van der Waals surface area contributed by atoms with Crippen LogP contribution in [0.4, 0.5) is 0 Å². The van der Waals surface area contributed by atoms with Gasteiger partial charge in [0.2, 0.25) is 0 Å². The van der Waals surface area contributed by atoms with E-state index in [9.17, 15) is 5.11 Å². The molecule has 0 aliphatic carbocycles. The molecule has 0 fully saturated rings. The maximum atomic E-state index is 9.90. The van der Waals surface area contributed by atoms with E-state index in [-0.39, 0.29) is 6.61 Å². The van der Waals surface area contributed by atoms with Crippen LogP contribution >= 0.6 is 0 Å². The largest absolute Gasteiger partial charge is 0.497 e. The summed E-state index contributed by atoms with van der Waals surface area (Å²) in [7, 11) is 3.19. The molecule has 0 atom stereocenters. The number of benzene rings is 2. The molecule has 0 aliphatic rings. The molecule has 0 saturated heterocycles. The van der Waals surface area contributed by atoms with Gasteiger partial charge in [-0.15, -0.1) is 0 Å². The van der Waals surface area contributed by atoms with Gasteiger partial charge < -0.3 is 19.1 Å². The number of rotatable bonds is 5. The third-order valence-corrected chi connectivity index (χ3v) is 3.89. The molecule has 1 heterocycles. The molecule has 3 rings (SSSR count). The Morgan fingerprint density at radius 2 is 1.92 bits per heavy atom. The van der Waals surface area contributed by atoms with Crippen LogP contribution in [0.2, 0.25) is 0 Å². The molecule has 5 heteroatoms. The van der Waals surface area contributed by atoms with Crippen LogP contribution in [0.1, 0.15) is 11.1 Å². The predicted octanol–water partition coefficient (Wildman–Crippen LogP) is 3.83. The molecule has 0 unspecified atom stereocenters. The minimum absolute atomic E-state index is 0.192. The van der Waals surface area contributed by atoms with Gasteiger partial charge in [0, 0.05) is 11.1 Å². The Morgan fingerprint density at radius 1 is 1.08 bits per heavy atom. The normalized spacial score (nSPS) is 10.7. The van der Waals surface area contributed by atoms with Gasteiger partial charge in [0.15, 0.2) is 5.76 Å². The topological polar surface area (TPSA) is 64.7 Å². The average Bonchev–Trinajstić information content (AvgIpc) is 3.05. The van der Waals surface area contributed by atoms with E-state index in [1.165, 1.54) is 0 Å². The van der Waals surface area contributed by atoms with Crippen LogP contribution in [-0.4, -0.2) is 24.5 Å². The summed E-state index contributed by atoms with van der Waals surface area (Å²) in [5.74, 6) is 1.87. The highest BCUT2D eigenvalue weighted by atomic mass is 16.5. The van der Waals surface area contributed by atoms with Crippen LogP contribution in [0.25, 0.3) is 22.6 Å². The standard InChI is InChI=1S/C19H19NO4/c1-12-5-4-6-13(9-12)19-16(11-21)18(20-24-19)15-10-14(22-2)7-8-17(15)23-3/h4-10,21H,11H2,1-3H3. The summed E-state index contributed by atoms with van der Waals surface area (Å²) in [6, 6.07) is 13.3. The summed E-state index contributed by atoms with van der Waals surface area (Å²) >= 11 is 0. The molecule has 1 N–H and O–H groups in total. The minimum atomic E-state index is -0.192. The molecule has 1 aromatic heterocycles. The third kappa shape index (κ3) is 2.86. The fourth-order valence-corrected chi connectivity index (χ4v) is 2.68. The van der Waals surface area contributed by atoms with E-state index >= 15 is 0 Å². The molecule has 0 aliphatic heterocycles. The third-order valence-electron chi connectivity index (χ3n) is 3.89. The van der Waals surface area contributed by atoms with Crippen molar-refractivity contribution in [1.29, 1.82) is 0 Å². The maximum Gasteiger partial charge on any atom is 0.173 e. The lowest BCUT2D eigenvalue weighted by Crippen LogP contribution is -1.94. The number of ether oxygens (including phenoxy) is 2. The highest BCUT2D eigenvalue weighted by molar-refractivity contribution is 5.77. The van der Waals surface area contributed by atoms with Crippen molar-refractivity contribution in [2.45, 2.75) is 13.5 Å². The number of nitrogens with zero attached hydrogens (tertiary/aromatic N) is 1. The monoisotopic (exact) mass is 325 g/mol. The second-order valence-electron chi connectivity index (χ2n) is 5.43. The van der Waals surface area contributed by atoms with E-state index in [2.05, 4.69) is 5.16 Å². The van der Waals surface area contributed by atoms with Gasteiger partial charge in [-0.1, -0.05) is 28.9 Å². The molecule has 24 heavy (non-hydrogen) atoms. The van der Waals surface area contributed by atoms with E-state index in [0.29, 0.717) is 34.1 Å². The van der Waals surface area contributed by atoms with E-state index in [4.69, 9.17) is 14.0 Å². The zero-order valence-electron chi connectivity index (χ0n) is 13.9. The van der Waals surface area contributed by atoms with Gasteiger partial charge in [0.25, 0.3) is 0 Å². The lowest BCUT2D eigenvalue weighted by molar-refractivity contribution is 0.281. The van der Waals surface area contributed by atoms with E-state index in [0.717, 1.165) is 11.1 Å². The fourth-order valence-electron chi connectivity index (χ4n) is 2.68. The number of hydrogen-bond acceptors (Lipinski definition) is 5. The van der Waals surface area contributed by atoms with Gasteiger partial charge in [-0.2, -0.15) is 0 Å². The molecular weight excluding hydrogens is 306 g/mol. The van der Waals surface area contributed by atoms with Gasteiger partial charge in [-0.25, -0.2) is 0 Å². The molecule has 0 saturated carbocycles. The first-order valence-corrected chi connectivity index (χ1v) is 7.56. The molecule has 0 amide bonds. The second-order valence-corrected chi connectivity index (χ2v) is 5.43. The first kappa shape index (κ1) is 16.1. The maximum absolute atomic E-state index is 9.90. The summed E-state index contributed by atoms with van der Waals surface area (Å²) in [6.07, 6.45) is 0. The summed E-state index contributed by atoms with van der Waals surface area (Å²) in [5.41, 5.74) is 3.86. The van der Waals surface area contributed by atoms with E-state index in [1.807, 2.05) is 43.3 Å². The van der Waals surface area contributed by atoms with Gasteiger partial charge in [-0.05, 0) is 31.2 Å². The Balaban J connectivity index is 2.17. The van der Waals surface area contributed by atoms with Crippen LogP contribution < -0.4 is 9.47 Å². The number of aromatic nitrogens is 1. The van der Waals surface area contributed by atoms with Crippen molar-refractivity contribution in [1.82, 2.24) is 5.16 Å². The molecule has 2 aromatic carbocycles. The van der Waals surface area contributed by atoms with Crippen molar-refractivity contribution < 1.29 is 19.1 Å². The van der Waals surface area contributed by atoms with Crippen LogP contribution in [0.3, 0.4) is 0 Å². The SMILES string of the molecule is COc1ccc(OC)c(-c2noc(-c3cccc(C)c3)c2CO)c1. The first-order valence-electron chi connectivity index (χ1n) is 7.56. The summed E-state index contributed by atoms with van der Waals surface area (Å²) in [6.45, 7) is 1.81. The van der Waals surface area contributed by atoms with Crippen molar-refractivity contribution >= 4 is 0 Å². The van der Waals surface area contributed by atoms with Crippen molar-refractivity contribution in [3.05, 3.63) is 53.6 Å². The molecule has 0 radical (unpaired) electrons. The van der Waals surface area contributed by atoms with Gasteiger partial charge >= 0.3 is 0 Å². The molecular formula is C19H19NO4. The second kappa shape index (κ2) is 6.76. The number of aryl methyl sites for hydroxylation is 1. The number of methoxy groups -OCH3 is 2. The van der Waals surface area contributed by atoms with Gasteiger partial charge in [-0.3, -0.25) is 0 Å².